The molecule has 1 aromatic carbocycles. The number of rotatable bonds is 14. The third-order valence-corrected chi connectivity index (χ3v) is 5.76. The Labute approximate surface area is 221 Å². The van der Waals surface area contributed by atoms with Crippen LogP contribution in [0.5, 0.6) is 0 Å². The molecule has 38 heavy (non-hydrogen) atoms. The first-order valence-electron chi connectivity index (χ1n) is 12.4. The Balaban J connectivity index is 2.26. The number of fused-ring (bicyclic) bond motifs is 1. The molecule has 0 radical (unpaired) electrons. The molecular formula is C26H37N5O7. The van der Waals surface area contributed by atoms with Crippen LogP contribution in [0, 0.1) is 5.41 Å². The average Bonchev–Trinajstić information content (AvgIpc) is 3.25. The van der Waals surface area contributed by atoms with Gasteiger partial charge in [-0.2, -0.15) is 0 Å². The number of aromatic nitrogens is 1. The lowest BCUT2D eigenvalue weighted by atomic mass is 10.0. The number of ether oxygens (including phenoxy) is 1. The number of amides is 3. The molecule has 1 aromatic heterocycles. The zero-order chi connectivity index (χ0) is 28.4. The second-order valence-corrected chi connectivity index (χ2v) is 9.40. The first kappa shape index (κ1) is 30.5. The van der Waals surface area contributed by atoms with Crippen molar-refractivity contribution < 1.29 is 34.1 Å². The van der Waals surface area contributed by atoms with Crippen LogP contribution in [0.4, 0.5) is 0 Å². The summed E-state index contributed by atoms with van der Waals surface area (Å²) in [5, 5.41) is 35.6. The van der Waals surface area contributed by atoms with Gasteiger partial charge in [-0.25, -0.2) is 4.79 Å². The quantitative estimate of drug-likeness (QED) is 0.135. The van der Waals surface area contributed by atoms with Gasteiger partial charge in [0.1, 0.15) is 12.1 Å². The van der Waals surface area contributed by atoms with E-state index in [0.29, 0.717) is 0 Å². The highest BCUT2D eigenvalue weighted by molar-refractivity contribution is 5.94. The molecule has 2 unspecified atom stereocenters. The van der Waals surface area contributed by atoms with Crippen molar-refractivity contribution in [2.45, 2.75) is 83.4 Å². The van der Waals surface area contributed by atoms with Crippen LogP contribution in [-0.2, 0) is 30.3 Å². The number of hydrogen-bond acceptors (Lipinski definition) is 8. The second kappa shape index (κ2) is 14.2. The molecule has 0 spiro atoms. The molecule has 1 heterocycles. The molecule has 0 aliphatic heterocycles. The van der Waals surface area contributed by atoms with Crippen molar-refractivity contribution in [3.05, 3.63) is 36.0 Å². The summed E-state index contributed by atoms with van der Waals surface area (Å²) in [5.74, 6) is -2.75. The first-order chi connectivity index (χ1) is 17.9. The zero-order valence-corrected chi connectivity index (χ0v) is 22.0. The van der Waals surface area contributed by atoms with Gasteiger partial charge < -0.3 is 41.3 Å². The second-order valence-electron chi connectivity index (χ2n) is 9.40. The van der Waals surface area contributed by atoms with Crippen LogP contribution in [0.2, 0.25) is 0 Å². The zero-order valence-electron chi connectivity index (χ0n) is 22.0. The molecule has 0 aliphatic carbocycles. The van der Waals surface area contributed by atoms with E-state index in [1.807, 2.05) is 24.3 Å². The van der Waals surface area contributed by atoms with E-state index in [4.69, 9.17) is 10.1 Å². The minimum Gasteiger partial charge on any atom is -0.461 e. The Morgan fingerprint density at radius 2 is 1.66 bits per heavy atom. The van der Waals surface area contributed by atoms with E-state index in [0.717, 1.165) is 22.7 Å². The standard InChI is InChI=1S/C26H37N5O7/c1-14(2)38-26(37)23(15(3)32)31-24(35)21(10-9-18(34)12-27)30-25(36)22(29-16(4)33)11-17-13-28-20-8-6-5-7-19(17)20/h5-8,12-15,18,21-23,27-28,32,34H,9-11H2,1-4H3,(H,29,33)(H,30,36)(H,31,35)/t15?,18?,21-,22-,23-/m0/s1. The summed E-state index contributed by atoms with van der Waals surface area (Å²) in [5.41, 5.74) is 1.64. The van der Waals surface area contributed by atoms with E-state index in [1.165, 1.54) is 13.8 Å². The summed E-state index contributed by atoms with van der Waals surface area (Å²) in [6.45, 7) is 5.83. The summed E-state index contributed by atoms with van der Waals surface area (Å²) in [4.78, 5) is 53.9. The molecule has 208 valence electrons. The van der Waals surface area contributed by atoms with Crippen molar-refractivity contribution in [3.63, 3.8) is 0 Å². The molecule has 0 aliphatic rings. The van der Waals surface area contributed by atoms with E-state index < -0.39 is 60.1 Å². The molecule has 7 N–H and O–H groups in total. The fourth-order valence-corrected chi connectivity index (χ4v) is 3.87. The van der Waals surface area contributed by atoms with Gasteiger partial charge in [-0.15, -0.1) is 0 Å². The Bertz CT molecular complexity index is 1130. The van der Waals surface area contributed by atoms with Crippen molar-refractivity contribution in [3.8, 4) is 0 Å². The van der Waals surface area contributed by atoms with Crippen LogP contribution in [-0.4, -0.2) is 81.5 Å². The maximum atomic E-state index is 13.3. The third kappa shape index (κ3) is 8.96. The summed E-state index contributed by atoms with van der Waals surface area (Å²) >= 11 is 0. The molecule has 2 aromatic rings. The number of para-hydroxylation sites is 1. The smallest absolute Gasteiger partial charge is 0.331 e. The van der Waals surface area contributed by atoms with E-state index in [9.17, 15) is 29.4 Å². The Kier molecular flexibility index (Phi) is 11.4. The predicted octanol–water partition coefficient (Wildman–Crippen LogP) is 0.308. The maximum Gasteiger partial charge on any atom is 0.331 e. The molecule has 2 rings (SSSR count). The van der Waals surface area contributed by atoms with Gasteiger partial charge in [-0.05, 0) is 45.2 Å². The van der Waals surface area contributed by atoms with Crippen LogP contribution >= 0.6 is 0 Å². The number of nitrogens with one attached hydrogen (secondary N) is 5. The van der Waals surface area contributed by atoms with Crippen LogP contribution in [0.25, 0.3) is 10.9 Å². The Hall–Kier alpha value is -3.77. The first-order valence-corrected chi connectivity index (χ1v) is 12.4. The highest BCUT2D eigenvalue weighted by Gasteiger charge is 2.33. The van der Waals surface area contributed by atoms with E-state index >= 15 is 0 Å². The number of hydrogen-bond donors (Lipinski definition) is 7. The number of aromatic amines is 1. The average molecular weight is 532 g/mol. The molecule has 12 heteroatoms. The van der Waals surface area contributed by atoms with Gasteiger partial charge in [0.25, 0.3) is 0 Å². The predicted molar refractivity (Wildman–Crippen MR) is 140 cm³/mol. The number of esters is 1. The molecular weight excluding hydrogens is 494 g/mol. The SMILES string of the molecule is CC(=O)N[C@@H](Cc1c[nH]c2ccccc12)C(=O)N[C@@H](CCC(O)C=N)C(=O)N[C@H](C(=O)OC(C)C)C(C)O. The summed E-state index contributed by atoms with van der Waals surface area (Å²) in [6.07, 6.45) is -0.381. The van der Waals surface area contributed by atoms with Crippen molar-refractivity contribution >= 4 is 40.8 Å². The molecule has 0 bridgehead atoms. The number of benzene rings is 1. The van der Waals surface area contributed by atoms with Crippen LogP contribution in [0.15, 0.2) is 30.5 Å². The summed E-state index contributed by atoms with van der Waals surface area (Å²) in [6, 6.07) is 3.80. The highest BCUT2D eigenvalue weighted by Crippen LogP contribution is 2.19. The van der Waals surface area contributed by atoms with E-state index in [-0.39, 0.29) is 19.3 Å². The number of H-pyrrole nitrogens is 1. The van der Waals surface area contributed by atoms with Crippen molar-refractivity contribution in [2.24, 2.45) is 0 Å². The normalized spacial score (nSPS) is 15.1. The summed E-state index contributed by atoms with van der Waals surface area (Å²) in [7, 11) is 0. The lowest BCUT2D eigenvalue weighted by Gasteiger charge is -2.26. The molecule has 3 amide bonds. The topological polar surface area (TPSA) is 194 Å². The Morgan fingerprint density at radius 3 is 2.26 bits per heavy atom. The maximum absolute atomic E-state index is 13.3. The monoisotopic (exact) mass is 531 g/mol. The number of aliphatic hydroxyl groups excluding tert-OH is 2. The number of carbonyl (C=O) groups is 4. The van der Waals surface area contributed by atoms with Gasteiger partial charge in [0, 0.05) is 36.7 Å². The lowest BCUT2D eigenvalue weighted by Crippen LogP contribution is -2.58. The van der Waals surface area contributed by atoms with Crippen molar-refractivity contribution in [2.75, 3.05) is 0 Å². The van der Waals surface area contributed by atoms with Crippen molar-refractivity contribution in [1.29, 1.82) is 5.41 Å². The highest BCUT2D eigenvalue weighted by atomic mass is 16.5. The van der Waals surface area contributed by atoms with Gasteiger partial charge in [-0.3, -0.25) is 14.4 Å². The van der Waals surface area contributed by atoms with Crippen LogP contribution in [0.1, 0.15) is 46.1 Å². The molecule has 5 atom stereocenters. The minimum atomic E-state index is -1.39. The van der Waals surface area contributed by atoms with E-state index in [2.05, 4.69) is 20.9 Å². The third-order valence-electron chi connectivity index (χ3n) is 5.76. The number of carbonyl (C=O) groups excluding carboxylic acids is 4. The van der Waals surface area contributed by atoms with Crippen molar-refractivity contribution in [1.82, 2.24) is 20.9 Å². The largest absolute Gasteiger partial charge is 0.461 e. The van der Waals surface area contributed by atoms with Gasteiger partial charge in [0.15, 0.2) is 6.04 Å². The van der Waals surface area contributed by atoms with Gasteiger partial charge in [0.05, 0.1) is 18.3 Å². The van der Waals surface area contributed by atoms with Crippen LogP contribution < -0.4 is 16.0 Å². The summed E-state index contributed by atoms with van der Waals surface area (Å²) < 4.78 is 5.11. The van der Waals surface area contributed by atoms with E-state index in [1.54, 1.807) is 20.0 Å². The Morgan fingerprint density at radius 1 is 1.00 bits per heavy atom. The fourth-order valence-electron chi connectivity index (χ4n) is 3.87. The van der Waals surface area contributed by atoms with Gasteiger partial charge in [-0.1, -0.05) is 18.2 Å². The lowest BCUT2D eigenvalue weighted by molar-refractivity contribution is -0.154. The van der Waals surface area contributed by atoms with Gasteiger partial charge >= 0.3 is 5.97 Å². The molecule has 12 nitrogen and oxygen atoms in total. The molecule has 0 saturated carbocycles. The fraction of sp³-hybridized carbons (Fsp3) is 0.500. The number of aliphatic hydroxyl groups is 2. The minimum absolute atomic E-state index is 0.0368. The van der Waals surface area contributed by atoms with Crippen LogP contribution in [0.3, 0.4) is 0 Å². The molecule has 0 saturated heterocycles. The van der Waals surface area contributed by atoms with Gasteiger partial charge in [0.2, 0.25) is 17.7 Å². The molecule has 0 fully saturated rings.